The first-order valence-electron chi connectivity index (χ1n) is 14.2. The van der Waals surface area contributed by atoms with Gasteiger partial charge in [0, 0.05) is 41.0 Å². The number of aromatic hydroxyl groups is 2. The molecular formula is C34H35FeN5O6. The van der Waals surface area contributed by atoms with Crippen LogP contribution in [0.25, 0.3) is 0 Å². The van der Waals surface area contributed by atoms with Crippen LogP contribution >= 0.6 is 0 Å². The molecule has 46 heavy (non-hydrogen) atoms. The van der Waals surface area contributed by atoms with Gasteiger partial charge in [-0.1, -0.05) is 84.9 Å². The van der Waals surface area contributed by atoms with Gasteiger partial charge in [-0.15, -0.1) is 0 Å². The quantitative estimate of drug-likeness (QED) is 0.139. The Hall–Kier alpha value is -5.16. The second-order valence-corrected chi connectivity index (χ2v) is 10.3. The molecule has 2 aliphatic rings. The summed E-state index contributed by atoms with van der Waals surface area (Å²) in [4.78, 5) is 19.6. The molecule has 0 saturated carbocycles. The fraction of sp³-hybridized carbons (Fsp3) is 0.176. The Morgan fingerprint density at radius 1 is 0.674 bits per heavy atom. The van der Waals surface area contributed by atoms with Gasteiger partial charge in [0.25, 0.3) is 0 Å². The van der Waals surface area contributed by atoms with Gasteiger partial charge in [-0.3, -0.25) is 9.59 Å². The summed E-state index contributed by atoms with van der Waals surface area (Å²) in [6.07, 6.45) is 1.05. The van der Waals surface area contributed by atoms with E-state index in [2.05, 4.69) is 45.3 Å². The van der Waals surface area contributed by atoms with Crippen LogP contribution in [-0.2, 0) is 26.7 Å². The number of hydrogen-bond acceptors (Lipinski definition) is 9. The number of carboxylic acid groups (broad SMARTS) is 2. The van der Waals surface area contributed by atoms with Crippen molar-refractivity contribution in [3.63, 3.8) is 0 Å². The topological polar surface area (TPSA) is 190 Å². The largest absolute Gasteiger partial charge is 0.507 e. The van der Waals surface area contributed by atoms with Gasteiger partial charge in [-0.2, -0.15) is 10.2 Å². The van der Waals surface area contributed by atoms with Crippen molar-refractivity contribution in [2.45, 2.75) is 37.4 Å². The molecule has 3 unspecified atom stereocenters. The van der Waals surface area contributed by atoms with E-state index < -0.39 is 24.4 Å². The minimum Gasteiger partial charge on any atom is -0.507 e. The number of para-hydroxylation sites is 2. The number of phenolic OH excluding ortho intramolecular Hbond substituents is 2. The molecule has 0 bridgehead atoms. The van der Waals surface area contributed by atoms with E-state index in [0.717, 1.165) is 35.4 Å². The van der Waals surface area contributed by atoms with E-state index in [1.807, 2.05) is 72.8 Å². The predicted molar refractivity (Wildman–Crippen MR) is 171 cm³/mol. The van der Waals surface area contributed by atoms with Gasteiger partial charge in [-0.25, -0.2) is 0 Å². The average Bonchev–Trinajstić information content (AvgIpc) is 3.74. The van der Waals surface area contributed by atoms with E-state index in [0.29, 0.717) is 0 Å². The molecule has 12 heteroatoms. The second-order valence-electron chi connectivity index (χ2n) is 10.3. The van der Waals surface area contributed by atoms with E-state index in [9.17, 15) is 19.8 Å². The number of nitrogens with one attached hydrogen (secondary N) is 2. The van der Waals surface area contributed by atoms with E-state index in [1.54, 1.807) is 12.1 Å². The van der Waals surface area contributed by atoms with Gasteiger partial charge in [-0.05, 0) is 35.4 Å². The van der Waals surface area contributed by atoms with Gasteiger partial charge in [0.15, 0.2) is 0 Å². The number of hydrogen-bond donors (Lipinski definition) is 7. The molecule has 2 heterocycles. The smallest absolute Gasteiger partial charge is 0.321 e. The molecule has 2 aliphatic heterocycles. The maximum Gasteiger partial charge on any atom is 0.321 e. The molecule has 4 aromatic carbocycles. The van der Waals surface area contributed by atoms with Crippen LogP contribution in [0.4, 0.5) is 0 Å². The molecule has 0 aliphatic carbocycles. The number of carbonyl (C=O) groups is 2. The Kier molecular flexibility index (Phi) is 13.3. The number of benzene rings is 4. The molecule has 11 nitrogen and oxygen atoms in total. The third-order valence-electron chi connectivity index (χ3n) is 7.05. The van der Waals surface area contributed by atoms with Crippen molar-refractivity contribution in [2.75, 3.05) is 0 Å². The van der Waals surface area contributed by atoms with Crippen LogP contribution in [0.1, 0.15) is 53.6 Å². The molecule has 4 aromatic rings. The minimum atomic E-state index is -1.29. The molecule has 0 saturated heterocycles. The first kappa shape index (κ1) is 35.3. The summed E-state index contributed by atoms with van der Waals surface area (Å²) in [5.41, 5.74) is 16.9. The summed E-state index contributed by atoms with van der Waals surface area (Å²) >= 11 is 0. The normalized spacial score (nSPS) is 16.7. The van der Waals surface area contributed by atoms with Crippen LogP contribution < -0.4 is 16.6 Å². The summed E-state index contributed by atoms with van der Waals surface area (Å²) in [5, 5.41) is 44.3. The second kappa shape index (κ2) is 17.4. The minimum absolute atomic E-state index is 0. The molecule has 3 atom stereocenters. The molecule has 0 spiro atoms. The monoisotopic (exact) mass is 665 g/mol. The number of aliphatic carboxylic acids is 2. The first-order chi connectivity index (χ1) is 21.7. The Balaban J connectivity index is 0.000000197. The number of nitrogens with two attached hydrogens (primary N) is 1. The van der Waals surface area contributed by atoms with Crippen LogP contribution in [0.2, 0.25) is 0 Å². The van der Waals surface area contributed by atoms with Crippen molar-refractivity contribution < 1.29 is 47.1 Å². The Bertz CT molecular complexity index is 1550. The van der Waals surface area contributed by atoms with Gasteiger partial charge < -0.3 is 37.0 Å². The van der Waals surface area contributed by atoms with Gasteiger partial charge in [0.1, 0.15) is 17.5 Å². The maximum atomic E-state index is 9.85. The van der Waals surface area contributed by atoms with Crippen LogP contribution in [0.15, 0.2) is 119 Å². The first-order valence-corrected chi connectivity index (χ1v) is 14.2. The van der Waals surface area contributed by atoms with Crippen molar-refractivity contribution in [3.05, 3.63) is 131 Å². The van der Waals surface area contributed by atoms with Crippen molar-refractivity contribution >= 4 is 23.4 Å². The van der Waals surface area contributed by atoms with Gasteiger partial charge in [0.05, 0.1) is 29.9 Å². The maximum absolute atomic E-state index is 9.85. The van der Waals surface area contributed by atoms with Gasteiger partial charge in [0.2, 0.25) is 0 Å². The summed E-state index contributed by atoms with van der Waals surface area (Å²) in [6.45, 7) is 0. The number of nitrogens with zero attached hydrogens (tertiary/aromatic N) is 2. The molecule has 0 amide bonds. The molecule has 0 aromatic heterocycles. The number of rotatable bonds is 7. The predicted octanol–water partition coefficient (Wildman–Crippen LogP) is 4.53. The number of phenols is 2. The van der Waals surface area contributed by atoms with E-state index >= 15 is 0 Å². The van der Waals surface area contributed by atoms with Crippen LogP contribution in [0.5, 0.6) is 11.5 Å². The van der Waals surface area contributed by atoms with Crippen LogP contribution in [-0.4, -0.2) is 49.8 Å². The van der Waals surface area contributed by atoms with E-state index in [-0.39, 0.29) is 40.7 Å². The fourth-order valence-electron chi connectivity index (χ4n) is 4.69. The molecule has 0 radical (unpaired) electrons. The van der Waals surface area contributed by atoms with Crippen molar-refractivity contribution in [1.29, 1.82) is 0 Å². The van der Waals surface area contributed by atoms with Crippen molar-refractivity contribution in [1.82, 2.24) is 10.9 Å². The average molecular weight is 666 g/mol. The van der Waals surface area contributed by atoms with Crippen LogP contribution in [0.3, 0.4) is 0 Å². The van der Waals surface area contributed by atoms with Crippen LogP contribution in [0, 0.1) is 0 Å². The molecule has 6 rings (SSSR count). The summed E-state index contributed by atoms with van der Waals surface area (Å²) in [5.74, 6) is -1.93. The van der Waals surface area contributed by atoms with E-state index in [4.69, 9.17) is 15.9 Å². The molecule has 240 valence electrons. The van der Waals surface area contributed by atoms with E-state index in [1.165, 1.54) is 11.1 Å². The van der Waals surface area contributed by atoms with Crippen molar-refractivity contribution in [3.8, 4) is 11.5 Å². The Morgan fingerprint density at radius 3 is 1.37 bits per heavy atom. The standard InChI is InChI=1S/2C15H14N2O.C4H7NO4.Fe/c2*18-15-9-5-4-8-12(15)14-10-13(16-17-14)11-6-2-1-3-7-11;5-2(4(8)9)1-3(6)7;/h2*1-9,13,16,18H,10H2;2H,1,5H2,(H,6,7)(H,8,9);. The van der Waals surface area contributed by atoms with Gasteiger partial charge >= 0.3 is 11.9 Å². The summed E-state index contributed by atoms with van der Waals surface area (Å²) < 4.78 is 0. The third-order valence-corrected chi connectivity index (χ3v) is 7.05. The fourth-order valence-corrected chi connectivity index (χ4v) is 4.69. The zero-order valence-corrected chi connectivity index (χ0v) is 25.8. The molecule has 0 fully saturated rings. The zero-order chi connectivity index (χ0) is 32.2. The molecular weight excluding hydrogens is 630 g/mol. The zero-order valence-electron chi connectivity index (χ0n) is 24.7. The number of hydrazone groups is 2. The summed E-state index contributed by atoms with van der Waals surface area (Å²) in [6, 6.07) is 34.1. The Morgan fingerprint density at radius 2 is 1.04 bits per heavy atom. The molecule has 8 N–H and O–H groups in total. The Labute approximate surface area is 277 Å². The SMILES string of the molecule is NC(CC(=O)O)C(=O)O.Oc1ccccc1C1=NNC(c2ccccc2)C1.Oc1ccccc1C1=NNC(c2ccccc2)C1.[Fe]. The van der Waals surface area contributed by atoms with Crippen molar-refractivity contribution in [2.24, 2.45) is 15.9 Å². The number of carboxylic acids is 2. The summed E-state index contributed by atoms with van der Waals surface area (Å²) in [7, 11) is 0. The third kappa shape index (κ3) is 9.93.